The molecule has 0 unspecified atom stereocenters. The molecular weight excluding hydrogens is 596 g/mol. The summed E-state index contributed by atoms with van der Waals surface area (Å²) in [5.41, 5.74) is 2.71. The predicted molar refractivity (Wildman–Crippen MR) is 159 cm³/mol. The van der Waals surface area contributed by atoms with Crippen molar-refractivity contribution < 1.29 is 18.9 Å². The molecule has 6 rings (SSSR count). The van der Waals surface area contributed by atoms with Crippen LogP contribution in [-0.2, 0) is 44.4 Å². The van der Waals surface area contributed by atoms with E-state index in [2.05, 4.69) is 32.1 Å². The third-order valence-corrected chi connectivity index (χ3v) is 7.92. The highest BCUT2D eigenvalue weighted by Crippen LogP contribution is 2.44. The van der Waals surface area contributed by atoms with E-state index < -0.39 is 23.9 Å². The fraction of sp³-hybridized carbons (Fsp3) is 0.242. The van der Waals surface area contributed by atoms with E-state index in [-0.39, 0.29) is 13.2 Å². The lowest BCUT2D eigenvalue weighted by molar-refractivity contribution is -0.0971. The third-order valence-electron chi connectivity index (χ3n) is 7.31. The smallest absolute Gasteiger partial charge is 0.225 e. The van der Waals surface area contributed by atoms with Crippen molar-refractivity contribution in [2.75, 3.05) is 6.61 Å². The summed E-state index contributed by atoms with van der Waals surface area (Å²) in [4.78, 5) is 4.24. The number of hydrogen-bond donors (Lipinski definition) is 0. The summed E-state index contributed by atoms with van der Waals surface area (Å²) in [5, 5.41) is 15.3. The molecule has 2 aromatic heterocycles. The molecule has 0 amide bonds. The maximum atomic E-state index is 10.9. The van der Waals surface area contributed by atoms with Gasteiger partial charge < -0.3 is 18.9 Å². The summed E-state index contributed by atoms with van der Waals surface area (Å²) in [6.07, 6.45) is -0.595. The second-order valence-corrected chi connectivity index (χ2v) is 10.8. The monoisotopic (exact) mass is 624 g/mol. The number of nitriles is 1. The molecule has 3 heterocycles. The molecule has 0 spiro atoms. The maximum Gasteiger partial charge on any atom is 0.225 e. The fourth-order valence-corrected chi connectivity index (χ4v) is 5.66. The standard InChI is InChI=1S/C33H29BrN4O4/c34-32-27-16-17-29(38(27)37-23-36-32)33(22-35)31(41-20-26-14-8-3-9-15-26)30(40-19-25-12-6-2-7-13-25)28(42-33)21-39-18-24-10-4-1-5-11-24/h1-17,23,28,30-31H,18-21H2/t28-,30-,31-,33+/m1/s1. The second kappa shape index (κ2) is 12.9. The first-order valence-electron chi connectivity index (χ1n) is 13.7. The number of benzene rings is 3. The largest absolute Gasteiger partial charge is 0.374 e. The number of halogens is 1. The summed E-state index contributed by atoms with van der Waals surface area (Å²) >= 11 is 3.49. The minimum atomic E-state index is -1.54. The van der Waals surface area contributed by atoms with Crippen LogP contribution >= 0.6 is 15.9 Å². The van der Waals surface area contributed by atoms with E-state index in [9.17, 15) is 5.26 Å². The van der Waals surface area contributed by atoms with E-state index in [0.717, 1.165) is 16.7 Å². The number of rotatable bonds is 11. The van der Waals surface area contributed by atoms with Gasteiger partial charge in [-0.1, -0.05) is 91.0 Å². The minimum Gasteiger partial charge on any atom is -0.374 e. The van der Waals surface area contributed by atoms with Crippen molar-refractivity contribution >= 4 is 21.4 Å². The minimum absolute atomic E-state index is 0.199. The summed E-state index contributed by atoms with van der Waals surface area (Å²) < 4.78 is 28.3. The molecule has 3 aromatic carbocycles. The Morgan fingerprint density at radius 3 is 2.02 bits per heavy atom. The number of hydrogen-bond acceptors (Lipinski definition) is 7. The molecule has 0 bridgehead atoms. The molecule has 0 aliphatic carbocycles. The van der Waals surface area contributed by atoms with Crippen molar-refractivity contribution in [1.82, 2.24) is 14.6 Å². The van der Waals surface area contributed by atoms with Gasteiger partial charge in [-0.2, -0.15) is 10.4 Å². The summed E-state index contributed by atoms with van der Waals surface area (Å²) in [6, 6.07) is 35.8. The van der Waals surface area contributed by atoms with Crippen LogP contribution in [0.2, 0.25) is 0 Å². The van der Waals surface area contributed by atoms with E-state index in [1.165, 1.54) is 6.33 Å². The van der Waals surface area contributed by atoms with Crippen LogP contribution in [0.1, 0.15) is 22.4 Å². The van der Waals surface area contributed by atoms with Crippen molar-refractivity contribution in [2.45, 2.75) is 43.7 Å². The van der Waals surface area contributed by atoms with Gasteiger partial charge in [-0.25, -0.2) is 9.50 Å². The van der Waals surface area contributed by atoms with Crippen LogP contribution in [-0.4, -0.2) is 39.5 Å². The van der Waals surface area contributed by atoms with Crippen molar-refractivity contribution in [3.63, 3.8) is 0 Å². The lowest BCUT2D eigenvalue weighted by Gasteiger charge is -2.29. The van der Waals surface area contributed by atoms with Crippen LogP contribution in [0.25, 0.3) is 5.52 Å². The molecule has 1 aliphatic rings. The van der Waals surface area contributed by atoms with Gasteiger partial charge in [0.05, 0.1) is 37.6 Å². The van der Waals surface area contributed by atoms with Gasteiger partial charge >= 0.3 is 0 Å². The van der Waals surface area contributed by atoms with Crippen LogP contribution in [0, 0.1) is 11.3 Å². The average Bonchev–Trinajstić information content (AvgIpc) is 3.61. The van der Waals surface area contributed by atoms with E-state index in [1.54, 1.807) is 4.52 Å². The quantitative estimate of drug-likeness (QED) is 0.178. The highest BCUT2D eigenvalue weighted by molar-refractivity contribution is 9.10. The van der Waals surface area contributed by atoms with Crippen LogP contribution in [0.5, 0.6) is 0 Å². The van der Waals surface area contributed by atoms with Crippen molar-refractivity contribution in [3.05, 3.63) is 136 Å². The van der Waals surface area contributed by atoms with Gasteiger partial charge in [-0.15, -0.1) is 0 Å². The zero-order valence-electron chi connectivity index (χ0n) is 22.8. The molecule has 8 nitrogen and oxygen atoms in total. The van der Waals surface area contributed by atoms with Crippen LogP contribution < -0.4 is 0 Å². The first-order chi connectivity index (χ1) is 20.7. The molecule has 9 heteroatoms. The number of nitrogens with zero attached hydrogens (tertiary/aromatic N) is 4. The third kappa shape index (κ3) is 5.86. The summed E-state index contributed by atoms with van der Waals surface area (Å²) in [7, 11) is 0. The van der Waals surface area contributed by atoms with Gasteiger partial charge in [0.15, 0.2) is 0 Å². The predicted octanol–water partition coefficient (Wildman–Crippen LogP) is 6.00. The van der Waals surface area contributed by atoms with Gasteiger partial charge in [0.25, 0.3) is 0 Å². The van der Waals surface area contributed by atoms with Gasteiger partial charge in [0.1, 0.15) is 35.3 Å². The van der Waals surface area contributed by atoms with Gasteiger partial charge in [0, 0.05) is 0 Å². The highest BCUT2D eigenvalue weighted by Gasteiger charge is 2.60. The molecule has 0 saturated carbocycles. The van der Waals surface area contributed by atoms with Crippen LogP contribution in [0.3, 0.4) is 0 Å². The number of fused-ring (bicyclic) bond motifs is 1. The fourth-order valence-electron chi connectivity index (χ4n) is 5.27. The Morgan fingerprint density at radius 2 is 1.40 bits per heavy atom. The average molecular weight is 626 g/mol. The van der Waals surface area contributed by atoms with Crippen molar-refractivity contribution in [3.8, 4) is 6.07 Å². The molecule has 42 heavy (non-hydrogen) atoms. The Hall–Kier alpha value is -3.91. The Labute approximate surface area is 252 Å². The van der Waals surface area contributed by atoms with E-state index in [1.807, 2.05) is 103 Å². The summed E-state index contributed by atoms with van der Waals surface area (Å²) in [6.45, 7) is 1.18. The topological polar surface area (TPSA) is 90.9 Å². The summed E-state index contributed by atoms with van der Waals surface area (Å²) in [5.74, 6) is 0. The maximum absolute atomic E-state index is 10.9. The van der Waals surface area contributed by atoms with Gasteiger partial charge in [-0.05, 0) is 44.8 Å². The first-order valence-corrected chi connectivity index (χ1v) is 14.5. The van der Waals surface area contributed by atoms with E-state index in [0.29, 0.717) is 29.0 Å². The van der Waals surface area contributed by atoms with E-state index >= 15 is 0 Å². The Balaban J connectivity index is 1.37. The Kier molecular flexibility index (Phi) is 8.70. The van der Waals surface area contributed by atoms with Crippen LogP contribution in [0.15, 0.2) is 114 Å². The normalized spacial score (nSPS) is 21.9. The molecule has 1 fully saturated rings. The zero-order valence-corrected chi connectivity index (χ0v) is 24.3. The molecular formula is C33H29BrN4O4. The van der Waals surface area contributed by atoms with Gasteiger partial charge in [-0.3, -0.25) is 0 Å². The first kappa shape index (κ1) is 28.2. The zero-order chi connectivity index (χ0) is 28.8. The van der Waals surface area contributed by atoms with Gasteiger partial charge in [0.2, 0.25) is 5.60 Å². The molecule has 5 aromatic rings. The second-order valence-electron chi connectivity index (χ2n) is 10.0. The highest BCUT2D eigenvalue weighted by atomic mass is 79.9. The SMILES string of the molecule is N#C[C@@]1(c2ccc3c(Br)ncnn23)O[C@H](COCc2ccccc2)[C@@H](OCc2ccccc2)[C@H]1OCc1ccccc1. The van der Waals surface area contributed by atoms with Crippen LogP contribution in [0.4, 0.5) is 0 Å². The molecule has 4 atom stereocenters. The van der Waals surface area contributed by atoms with Crippen molar-refractivity contribution in [2.24, 2.45) is 0 Å². The Bertz CT molecular complexity index is 1650. The lowest BCUT2D eigenvalue weighted by Crippen LogP contribution is -2.44. The molecule has 1 saturated heterocycles. The number of ether oxygens (including phenoxy) is 4. The van der Waals surface area contributed by atoms with E-state index in [4.69, 9.17) is 18.9 Å². The molecule has 212 valence electrons. The molecule has 1 aliphatic heterocycles. The molecule has 0 radical (unpaired) electrons. The lowest BCUT2D eigenvalue weighted by atomic mass is 9.92. The Morgan fingerprint density at radius 1 is 0.810 bits per heavy atom. The van der Waals surface area contributed by atoms with Crippen molar-refractivity contribution in [1.29, 1.82) is 5.26 Å². The number of aromatic nitrogens is 3. The molecule has 0 N–H and O–H groups in total.